The van der Waals surface area contributed by atoms with Gasteiger partial charge in [-0.05, 0) is 36.1 Å². The van der Waals surface area contributed by atoms with Crippen molar-refractivity contribution in [2.45, 2.75) is 51.0 Å². The van der Waals surface area contributed by atoms with Crippen molar-refractivity contribution in [3.05, 3.63) is 54.6 Å². The maximum Gasteiger partial charge on any atom is 0.472 e. The Morgan fingerprint density at radius 3 is 2.00 bits per heavy atom. The average molecular weight is 523 g/mol. The van der Waals surface area contributed by atoms with Gasteiger partial charge in [0.15, 0.2) is 0 Å². The quantitative estimate of drug-likeness (QED) is 0.146. The van der Waals surface area contributed by atoms with E-state index in [4.69, 9.17) is 18.9 Å². The number of rotatable bonds is 18. The molecule has 9 heteroatoms. The number of hydrogen-bond donors (Lipinski definition) is 2. The number of carboxylic acid groups (broad SMARTS) is 1. The van der Waals surface area contributed by atoms with Gasteiger partial charge in [0.25, 0.3) is 0 Å². The second-order valence-corrected chi connectivity index (χ2v) is 11.4. The van der Waals surface area contributed by atoms with Crippen molar-refractivity contribution >= 4 is 13.8 Å². The highest BCUT2D eigenvalue weighted by Crippen LogP contribution is 2.45. The number of phosphoric acid groups is 1. The molecule has 2 aromatic rings. The topological polar surface area (TPSA) is 102 Å². The van der Waals surface area contributed by atoms with Crippen molar-refractivity contribution in [1.29, 1.82) is 0 Å². The number of carbonyl (C=O) groups is 1. The molecule has 1 unspecified atom stereocenters. The summed E-state index contributed by atoms with van der Waals surface area (Å²) in [4.78, 5) is 21.0. The average Bonchev–Trinajstić information content (AvgIpc) is 2.79. The fraction of sp³-hybridized carbons (Fsp3) is 0.519. The van der Waals surface area contributed by atoms with Gasteiger partial charge in [-0.1, -0.05) is 68.1 Å². The Labute approximate surface area is 215 Å². The van der Waals surface area contributed by atoms with Crippen LogP contribution in [0.3, 0.4) is 0 Å². The molecular weight excluding hydrogens is 481 g/mol. The third kappa shape index (κ3) is 13.2. The molecule has 2 N–H and O–H groups in total. The molecule has 0 fully saturated rings. The number of aliphatic carboxylic acids is 1. The lowest BCUT2D eigenvalue weighted by atomic mass is 10.1. The van der Waals surface area contributed by atoms with Crippen LogP contribution in [0.4, 0.5) is 0 Å². The van der Waals surface area contributed by atoms with Gasteiger partial charge in [0.1, 0.15) is 18.4 Å². The van der Waals surface area contributed by atoms with Gasteiger partial charge < -0.3 is 19.2 Å². The Kier molecular flexibility index (Phi) is 12.6. The first-order valence-corrected chi connectivity index (χ1v) is 14.0. The molecule has 0 amide bonds. The summed E-state index contributed by atoms with van der Waals surface area (Å²) in [6, 6.07) is 18.4. The van der Waals surface area contributed by atoms with Crippen LogP contribution in [0, 0.1) is 0 Å². The smallest absolute Gasteiger partial charge is 0.472 e. The number of unbranched alkanes of at least 4 members (excludes halogenated alkanes) is 5. The minimum absolute atomic E-state index is 0.0973. The fourth-order valence-electron chi connectivity index (χ4n) is 3.82. The molecule has 0 saturated heterocycles. The number of phosphoric ester groups is 1. The van der Waals surface area contributed by atoms with Gasteiger partial charge in [0.05, 0.1) is 40.8 Å². The van der Waals surface area contributed by atoms with Crippen LogP contribution in [0.2, 0.25) is 0 Å². The van der Waals surface area contributed by atoms with E-state index >= 15 is 0 Å². The molecule has 200 valence electrons. The van der Waals surface area contributed by atoms with Gasteiger partial charge >= 0.3 is 13.8 Å². The molecule has 2 aromatic carbocycles. The highest BCUT2D eigenvalue weighted by molar-refractivity contribution is 7.47. The van der Waals surface area contributed by atoms with Crippen LogP contribution < -0.4 is 4.74 Å². The zero-order valence-corrected chi connectivity index (χ0v) is 22.6. The molecule has 0 spiro atoms. The molecule has 0 bridgehead atoms. The van der Waals surface area contributed by atoms with Crippen LogP contribution in [0.1, 0.15) is 44.9 Å². The minimum Gasteiger partial charge on any atom is -0.494 e. The molecule has 0 aliphatic rings. The summed E-state index contributed by atoms with van der Waals surface area (Å²) >= 11 is 0. The van der Waals surface area contributed by atoms with Crippen molar-refractivity contribution in [3.8, 4) is 16.9 Å². The summed E-state index contributed by atoms with van der Waals surface area (Å²) in [6.07, 6.45) is 4.31. The Morgan fingerprint density at radius 2 is 1.42 bits per heavy atom. The molecule has 0 radical (unpaired) electrons. The summed E-state index contributed by atoms with van der Waals surface area (Å²) in [5.41, 5.74) is 2.35. The lowest BCUT2D eigenvalue weighted by Gasteiger charge is -2.29. The molecular formula is C27H41NO7P+. The van der Waals surface area contributed by atoms with Crippen LogP contribution >= 0.6 is 7.82 Å². The van der Waals surface area contributed by atoms with Gasteiger partial charge in [0, 0.05) is 0 Å². The van der Waals surface area contributed by atoms with E-state index in [0.717, 1.165) is 37.9 Å². The van der Waals surface area contributed by atoms with Crippen LogP contribution in [0.5, 0.6) is 5.75 Å². The maximum atomic E-state index is 12.2. The summed E-state index contributed by atoms with van der Waals surface area (Å²) in [5.74, 6) is -0.214. The van der Waals surface area contributed by atoms with Crippen molar-refractivity contribution in [1.82, 2.24) is 0 Å². The van der Waals surface area contributed by atoms with Gasteiger partial charge in [-0.15, -0.1) is 0 Å². The number of ether oxygens (including phenoxy) is 1. The standard InChI is InChI=1S/C27H40NO7P/c1-28(2,3)22-26(21-27(29)30)35-36(31,32)34-20-12-7-5-4-6-11-19-33-25-17-15-24(16-18-25)23-13-9-8-10-14-23/h8-10,13-18,26H,4-7,11-12,19-22H2,1-3H3,(H-,29,30,31,32)/p+1/t26-/m1/s1. The number of carboxylic acids is 1. The molecule has 2 rings (SSSR count). The normalized spacial score (nSPS) is 14.2. The molecule has 0 saturated carbocycles. The third-order valence-electron chi connectivity index (χ3n) is 5.46. The van der Waals surface area contributed by atoms with Crippen molar-refractivity contribution in [3.63, 3.8) is 0 Å². The third-order valence-corrected chi connectivity index (χ3v) is 6.53. The second-order valence-electron chi connectivity index (χ2n) is 9.96. The van der Waals surface area contributed by atoms with E-state index in [-0.39, 0.29) is 19.6 Å². The Bertz CT molecular complexity index is 945. The number of likely N-dealkylation sites (N-methyl/N-ethyl adjacent to an activating group) is 1. The van der Waals surface area contributed by atoms with Gasteiger partial charge in [-0.2, -0.15) is 0 Å². The molecule has 8 nitrogen and oxygen atoms in total. The first-order valence-electron chi connectivity index (χ1n) is 12.5. The highest BCUT2D eigenvalue weighted by atomic mass is 31.2. The zero-order chi connectivity index (χ0) is 26.4. The maximum absolute atomic E-state index is 12.2. The molecule has 0 aliphatic heterocycles. The number of nitrogens with zero attached hydrogens (tertiary/aromatic N) is 1. The molecule has 0 heterocycles. The van der Waals surface area contributed by atoms with Crippen LogP contribution in [0.15, 0.2) is 54.6 Å². The minimum atomic E-state index is -4.30. The van der Waals surface area contributed by atoms with Gasteiger partial charge in [-0.25, -0.2) is 4.57 Å². The SMILES string of the molecule is C[N+](C)(C)C[C@@H](CC(=O)O)OP(=O)(O)OCCCCCCCCOc1ccc(-c2ccccc2)cc1. The number of quaternary nitrogens is 1. The molecule has 0 aliphatic carbocycles. The van der Waals surface area contributed by atoms with Crippen LogP contribution in [-0.2, 0) is 18.4 Å². The first kappa shape index (κ1) is 30.0. The van der Waals surface area contributed by atoms with Gasteiger partial charge in [0.2, 0.25) is 0 Å². The monoisotopic (exact) mass is 522 g/mol. The fourth-order valence-corrected chi connectivity index (χ4v) is 4.75. The van der Waals surface area contributed by atoms with E-state index in [1.165, 1.54) is 11.1 Å². The van der Waals surface area contributed by atoms with Crippen LogP contribution in [0.25, 0.3) is 11.1 Å². The Balaban J connectivity index is 1.53. The van der Waals surface area contributed by atoms with E-state index < -0.39 is 19.9 Å². The highest BCUT2D eigenvalue weighted by Gasteiger charge is 2.31. The van der Waals surface area contributed by atoms with Crippen molar-refractivity contribution < 1.29 is 37.6 Å². The predicted octanol–water partition coefficient (Wildman–Crippen LogP) is 5.76. The zero-order valence-electron chi connectivity index (χ0n) is 21.7. The summed E-state index contributed by atoms with van der Waals surface area (Å²) in [5, 5.41) is 9.03. The summed E-state index contributed by atoms with van der Waals surface area (Å²) in [6.45, 7) is 1.05. The van der Waals surface area contributed by atoms with Crippen molar-refractivity contribution in [2.24, 2.45) is 0 Å². The lowest BCUT2D eigenvalue weighted by molar-refractivity contribution is -0.873. The molecule has 36 heavy (non-hydrogen) atoms. The second kappa shape index (κ2) is 15.1. The number of hydrogen-bond acceptors (Lipinski definition) is 5. The predicted molar refractivity (Wildman–Crippen MR) is 141 cm³/mol. The van der Waals surface area contributed by atoms with E-state index in [1.807, 2.05) is 51.5 Å². The summed E-state index contributed by atoms with van der Waals surface area (Å²) < 4.78 is 28.6. The van der Waals surface area contributed by atoms with E-state index in [9.17, 15) is 14.3 Å². The molecule has 2 atom stereocenters. The summed E-state index contributed by atoms with van der Waals surface area (Å²) in [7, 11) is 1.27. The first-order chi connectivity index (χ1) is 17.0. The van der Waals surface area contributed by atoms with E-state index in [2.05, 4.69) is 24.3 Å². The van der Waals surface area contributed by atoms with E-state index in [0.29, 0.717) is 17.5 Å². The van der Waals surface area contributed by atoms with Crippen molar-refractivity contribution in [2.75, 3.05) is 40.9 Å². The van der Waals surface area contributed by atoms with Crippen LogP contribution in [-0.4, -0.2) is 67.5 Å². The lowest BCUT2D eigenvalue weighted by Crippen LogP contribution is -2.42. The number of benzene rings is 2. The largest absolute Gasteiger partial charge is 0.494 e. The molecule has 0 aromatic heterocycles. The Hall–Kier alpha value is -2.22. The van der Waals surface area contributed by atoms with Gasteiger partial charge in [-0.3, -0.25) is 13.8 Å². The van der Waals surface area contributed by atoms with E-state index in [1.54, 1.807) is 0 Å². The Morgan fingerprint density at radius 1 is 0.861 bits per heavy atom.